The van der Waals surface area contributed by atoms with Gasteiger partial charge in [-0.3, -0.25) is 4.90 Å². The van der Waals surface area contributed by atoms with Gasteiger partial charge in [0.25, 0.3) is 0 Å². The molecule has 0 radical (unpaired) electrons. The van der Waals surface area contributed by atoms with Crippen LogP contribution in [0.15, 0.2) is 36.7 Å². The van der Waals surface area contributed by atoms with Gasteiger partial charge >= 0.3 is 0 Å². The van der Waals surface area contributed by atoms with Gasteiger partial charge in [-0.1, -0.05) is 12.5 Å². The largest absolute Gasteiger partial charge is 0.326 e. The maximum absolute atomic E-state index is 15.0. The van der Waals surface area contributed by atoms with E-state index < -0.39 is 11.6 Å². The minimum atomic E-state index is -0.633. The third-order valence-electron chi connectivity index (χ3n) is 7.83. The van der Waals surface area contributed by atoms with Gasteiger partial charge in [-0.25, -0.2) is 28.7 Å². The van der Waals surface area contributed by atoms with Gasteiger partial charge in [-0.15, -0.1) is 0 Å². The molecule has 5 heterocycles. The van der Waals surface area contributed by atoms with Crippen molar-refractivity contribution in [1.82, 2.24) is 34.7 Å². The molecule has 0 aliphatic carbocycles. The minimum Gasteiger partial charge on any atom is -0.326 e. The lowest BCUT2D eigenvalue weighted by atomic mass is 9.86. The molecule has 0 saturated carbocycles. The molecule has 2 aliphatic rings. The molecule has 8 nitrogen and oxygen atoms in total. The van der Waals surface area contributed by atoms with Crippen molar-refractivity contribution < 1.29 is 8.78 Å². The molecule has 6 rings (SSSR count). The van der Waals surface area contributed by atoms with E-state index in [0.29, 0.717) is 28.8 Å². The summed E-state index contributed by atoms with van der Waals surface area (Å²) in [5.41, 5.74) is 2.34. The van der Waals surface area contributed by atoms with Crippen molar-refractivity contribution in [2.24, 2.45) is 5.92 Å². The van der Waals surface area contributed by atoms with Gasteiger partial charge in [-0.05, 0) is 69.8 Å². The van der Waals surface area contributed by atoms with Crippen molar-refractivity contribution >= 4 is 22.8 Å². The van der Waals surface area contributed by atoms with Gasteiger partial charge in [0.1, 0.15) is 22.9 Å². The monoisotopic (exact) mass is 532 g/mol. The second-order valence-electron chi connectivity index (χ2n) is 11.0. The third-order valence-corrected chi connectivity index (χ3v) is 7.83. The van der Waals surface area contributed by atoms with Crippen molar-refractivity contribution in [3.8, 4) is 11.3 Å². The highest BCUT2D eigenvalue weighted by Gasteiger charge is 2.33. The zero-order chi connectivity index (χ0) is 27.1. The molecular formula is C29H34F2N8. The average molecular weight is 533 g/mol. The molecule has 204 valence electrons. The first-order valence-corrected chi connectivity index (χ1v) is 13.7. The Balaban J connectivity index is 1.15. The number of hydrogen-bond acceptors (Lipinski definition) is 7. The summed E-state index contributed by atoms with van der Waals surface area (Å²) in [6.07, 6.45) is 6.86. The van der Waals surface area contributed by atoms with Gasteiger partial charge in [0.05, 0.1) is 11.7 Å². The van der Waals surface area contributed by atoms with Gasteiger partial charge in [0.2, 0.25) is 5.95 Å². The minimum absolute atomic E-state index is 0.0128. The quantitative estimate of drug-likeness (QED) is 0.331. The number of rotatable bonds is 7. The fraction of sp³-hybridized carbons (Fsp3) is 0.448. The van der Waals surface area contributed by atoms with Crippen LogP contribution in [0.3, 0.4) is 0 Å². The summed E-state index contributed by atoms with van der Waals surface area (Å²) in [6, 6.07) is 7.64. The number of likely N-dealkylation sites (tertiary alicyclic amines) is 1. The van der Waals surface area contributed by atoms with Crippen molar-refractivity contribution in [1.29, 1.82) is 0 Å². The number of imidazole rings is 1. The molecule has 0 bridgehead atoms. The first-order valence-electron chi connectivity index (χ1n) is 13.7. The standard InChI is InChI=1S/C29H34F2N8/c1-17(2)39-18(3)35-28-22(30)10-20(11-25(28)39)27-23(31)13-34-29(37-27)36-26-8-7-19(12-33-26)14-38-15-21(16-38)24-6-4-5-9-32-24/h7-8,10-13,17,21,24,32H,4-6,9,14-16H2,1-3H3,(H,33,34,36,37). The Morgan fingerprint density at radius 2 is 1.90 bits per heavy atom. The highest BCUT2D eigenvalue weighted by Crippen LogP contribution is 2.31. The lowest BCUT2D eigenvalue weighted by Gasteiger charge is -2.45. The van der Waals surface area contributed by atoms with Gasteiger partial charge in [0.15, 0.2) is 11.6 Å². The molecule has 2 saturated heterocycles. The summed E-state index contributed by atoms with van der Waals surface area (Å²) in [6.45, 7) is 10.1. The summed E-state index contributed by atoms with van der Waals surface area (Å²) in [4.78, 5) is 19.8. The van der Waals surface area contributed by atoms with Crippen LogP contribution >= 0.6 is 0 Å². The van der Waals surface area contributed by atoms with Gasteiger partial charge in [-0.2, -0.15) is 0 Å². The summed E-state index contributed by atoms with van der Waals surface area (Å²) in [5, 5.41) is 6.72. The number of pyridine rings is 1. The van der Waals surface area contributed by atoms with Crippen molar-refractivity contribution in [2.45, 2.75) is 58.7 Å². The van der Waals surface area contributed by atoms with E-state index in [4.69, 9.17) is 0 Å². The van der Waals surface area contributed by atoms with Crippen LogP contribution in [0.25, 0.3) is 22.3 Å². The molecule has 1 unspecified atom stereocenters. The molecule has 10 heteroatoms. The number of aryl methyl sites for hydroxylation is 1. The second-order valence-corrected chi connectivity index (χ2v) is 11.0. The second kappa shape index (κ2) is 10.6. The van der Waals surface area contributed by atoms with E-state index in [0.717, 1.165) is 43.9 Å². The number of halogens is 2. The maximum atomic E-state index is 15.0. The predicted molar refractivity (Wildman–Crippen MR) is 148 cm³/mol. The van der Waals surface area contributed by atoms with Crippen molar-refractivity contribution in [3.63, 3.8) is 0 Å². The topological polar surface area (TPSA) is 83.8 Å². The van der Waals surface area contributed by atoms with E-state index >= 15 is 0 Å². The molecule has 2 N–H and O–H groups in total. The first kappa shape index (κ1) is 25.8. The molecule has 2 aliphatic heterocycles. The van der Waals surface area contributed by atoms with Crippen LogP contribution in [0.4, 0.5) is 20.5 Å². The van der Waals surface area contributed by atoms with E-state index in [1.807, 2.05) is 43.7 Å². The zero-order valence-electron chi connectivity index (χ0n) is 22.6. The highest BCUT2D eigenvalue weighted by molar-refractivity contribution is 5.83. The van der Waals surface area contributed by atoms with E-state index in [1.54, 1.807) is 6.07 Å². The van der Waals surface area contributed by atoms with E-state index in [9.17, 15) is 8.78 Å². The highest BCUT2D eigenvalue weighted by atomic mass is 19.1. The Morgan fingerprint density at radius 1 is 1.05 bits per heavy atom. The number of anilines is 2. The molecule has 4 aromatic rings. The van der Waals surface area contributed by atoms with E-state index in [2.05, 4.69) is 35.5 Å². The summed E-state index contributed by atoms with van der Waals surface area (Å²) in [5.74, 6) is 1.04. The number of hydrogen-bond donors (Lipinski definition) is 2. The molecule has 0 amide bonds. The van der Waals surface area contributed by atoms with Crippen molar-refractivity contribution in [3.05, 3.63) is 59.7 Å². The SMILES string of the molecule is Cc1nc2c(F)cc(-c3nc(Nc4ccc(CN5CC(C6CCCCN6)C5)cn4)ncc3F)cc2n1C(C)C. The van der Waals surface area contributed by atoms with Crippen LogP contribution in [0.5, 0.6) is 0 Å². The number of aromatic nitrogens is 5. The van der Waals surface area contributed by atoms with Crippen LogP contribution in [-0.2, 0) is 6.54 Å². The number of fused-ring (bicyclic) bond motifs is 1. The van der Waals surface area contributed by atoms with Crippen LogP contribution < -0.4 is 10.6 Å². The maximum Gasteiger partial charge on any atom is 0.229 e. The van der Waals surface area contributed by atoms with Gasteiger partial charge in [0, 0.05) is 43.5 Å². The van der Waals surface area contributed by atoms with E-state index in [1.165, 1.54) is 25.3 Å². The fourth-order valence-corrected chi connectivity index (χ4v) is 5.93. The Kier molecular flexibility index (Phi) is 6.99. The smallest absolute Gasteiger partial charge is 0.229 e. The fourth-order valence-electron chi connectivity index (χ4n) is 5.93. The Bertz CT molecular complexity index is 1470. The van der Waals surface area contributed by atoms with Crippen LogP contribution in [0.2, 0.25) is 0 Å². The number of nitrogens with zero attached hydrogens (tertiary/aromatic N) is 6. The predicted octanol–water partition coefficient (Wildman–Crippen LogP) is 5.37. The lowest BCUT2D eigenvalue weighted by Crippen LogP contribution is -2.56. The van der Waals surface area contributed by atoms with Crippen LogP contribution in [0.1, 0.15) is 50.5 Å². The third kappa shape index (κ3) is 5.23. The average Bonchev–Trinajstić information content (AvgIpc) is 3.25. The summed E-state index contributed by atoms with van der Waals surface area (Å²) >= 11 is 0. The number of benzene rings is 1. The molecule has 3 aromatic heterocycles. The van der Waals surface area contributed by atoms with Gasteiger partial charge < -0.3 is 15.2 Å². The Labute approximate surface area is 226 Å². The Morgan fingerprint density at radius 3 is 2.62 bits per heavy atom. The van der Waals surface area contributed by atoms with Crippen LogP contribution in [0, 0.1) is 24.5 Å². The molecule has 0 spiro atoms. The van der Waals surface area contributed by atoms with Crippen LogP contribution in [-0.4, -0.2) is 55.1 Å². The number of nitrogens with one attached hydrogen (secondary N) is 2. The molecular weight excluding hydrogens is 498 g/mol. The molecule has 2 fully saturated rings. The Hall–Kier alpha value is -3.50. The first-order chi connectivity index (χ1) is 18.9. The van der Waals surface area contributed by atoms with E-state index in [-0.39, 0.29) is 23.2 Å². The number of piperidine rings is 1. The molecule has 1 atom stereocenters. The normalized spacial score (nSPS) is 18.6. The lowest BCUT2D eigenvalue weighted by molar-refractivity contribution is 0.0564. The summed E-state index contributed by atoms with van der Waals surface area (Å²) < 4.78 is 31.7. The van der Waals surface area contributed by atoms with Crippen molar-refractivity contribution in [2.75, 3.05) is 25.0 Å². The zero-order valence-corrected chi connectivity index (χ0v) is 22.6. The summed E-state index contributed by atoms with van der Waals surface area (Å²) in [7, 11) is 0. The molecule has 39 heavy (non-hydrogen) atoms. The molecule has 1 aromatic carbocycles.